The summed E-state index contributed by atoms with van der Waals surface area (Å²) in [5, 5.41) is 0. The monoisotopic (exact) mass is 434 g/mol. The second-order valence-corrected chi connectivity index (χ2v) is 9.90. The second-order valence-electron chi connectivity index (χ2n) is 6.50. The molecule has 2 aromatic carbocycles. The summed E-state index contributed by atoms with van der Waals surface area (Å²) in [6.45, 7) is 1.27. The molecule has 0 aromatic heterocycles. The van der Waals surface area contributed by atoms with Crippen LogP contribution in [0.25, 0.3) is 0 Å². The normalized spacial score (nSPS) is 15.4. The smallest absolute Gasteiger partial charge is 0.280 e. The Morgan fingerprint density at radius 3 is 1.93 bits per heavy atom. The molecule has 11 heteroatoms. The van der Waals surface area contributed by atoms with Gasteiger partial charge >= 0.3 is 6.18 Å². The van der Waals surface area contributed by atoms with Crippen LogP contribution in [-0.2, 0) is 26.2 Å². The Hall–Kier alpha value is -2.11. The lowest BCUT2D eigenvalue weighted by Gasteiger charge is -2.14. The SMILES string of the molecule is Cc1ccc(NS(=O)(=O)c2ccc(S(=O)(=O)NC3CC3)cc2)cc1C(F)(F)F. The minimum absolute atomic E-state index is 0.0341. The lowest BCUT2D eigenvalue weighted by molar-refractivity contribution is -0.138. The third-order valence-electron chi connectivity index (χ3n) is 4.14. The summed E-state index contributed by atoms with van der Waals surface area (Å²) in [4.78, 5) is -0.361. The van der Waals surface area contributed by atoms with Crippen LogP contribution in [0.2, 0.25) is 0 Å². The summed E-state index contributed by atoms with van der Waals surface area (Å²) in [5.41, 5.74) is -1.22. The molecule has 0 unspecified atom stereocenters. The van der Waals surface area contributed by atoms with Crippen LogP contribution in [-0.4, -0.2) is 22.9 Å². The van der Waals surface area contributed by atoms with E-state index < -0.39 is 31.8 Å². The van der Waals surface area contributed by atoms with Gasteiger partial charge in [-0.2, -0.15) is 13.2 Å². The zero-order valence-corrected chi connectivity index (χ0v) is 16.2. The molecule has 1 saturated carbocycles. The lowest BCUT2D eigenvalue weighted by Crippen LogP contribution is -2.25. The van der Waals surface area contributed by atoms with Crippen molar-refractivity contribution >= 4 is 25.7 Å². The van der Waals surface area contributed by atoms with Gasteiger partial charge in [0.25, 0.3) is 10.0 Å². The summed E-state index contributed by atoms with van der Waals surface area (Å²) in [6, 6.07) is 7.45. The van der Waals surface area contributed by atoms with Crippen LogP contribution in [0.4, 0.5) is 18.9 Å². The van der Waals surface area contributed by atoms with Crippen molar-refractivity contribution in [3.63, 3.8) is 0 Å². The van der Waals surface area contributed by atoms with Crippen LogP contribution in [0.15, 0.2) is 52.3 Å². The van der Waals surface area contributed by atoms with Crippen molar-refractivity contribution in [2.45, 2.75) is 41.8 Å². The summed E-state index contributed by atoms with van der Waals surface area (Å²) >= 11 is 0. The average molecular weight is 434 g/mol. The number of benzene rings is 2. The number of alkyl halides is 3. The van der Waals surface area contributed by atoms with Crippen molar-refractivity contribution < 1.29 is 30.0 Å². The van der Waals surface area contributed by atoms with E-state index in [0.717, 1.165) is 37.1 Å². The number of sulfonamides is 2. The molecule has 0 spiro atoms. The van der Waals surface area contributed by atoms with Crippen molar-refractivity contribution in [2.24, 2.45) is 0 Å². The summed E-state index contributed by atoms with van der Waals surface area (Å²) in [5.74, 6) is 0. The first kappa shape index (κ1) is 20.6. The molecule has 0 amide bonds. The molecule has 0 heterocycles. The van der Waals surface area contributed by atoms with Crippen molar-refractivity contribution in [3.05, 3.63) is 53.6 Å². The van der Waals surface area contributed by atoms with Crippen molar-refractivity contribution in [3.8, 4) is 0 Å². The number of nitrogens with one attached hydrogen (secondary N) is 2. The number of hydrogen-bond acceptors (Lipinski definition) is 4. The van der Waals surface area contributed by atoms with Crippen LogP contribution in [0.3, 0.4) is 0 Å². The van der Waals surface area contributed by atoms with E-state index in [1.807, 2.05) is 0 Å². The largest absolute Gasteiger partial charge is 0.416 e. The predicted octanol–water partition coefficient (Wildman–Crippen LogP) is 3.26. The molecule has 1 aliphatic rings. The first-order valence-corrected chi connectivity index (χ1v) is 11.2. The predicted molar refractivity (Wildman–Crippen MR) is 96.8 cm³/mol. The minimum atomic E-state index is -4.61. The molecule has 3 rings (SSSR count). The van der Waals surface area contributed by atoms with Gasteiger partial charge in [0.05, 0.1) is 15.4 Å². The molecule has 6 nitrogen and oxygen atoms in total. The van der Waals surface area contributed by atoms with Gasteiger partial charge in [-0.05, 0) is 61.7 Å². The maximum atomic E-state index is 13.0. The first-order chi connectivity index (χ1) is 12.9. The van der Waals surface area contributed by atoms with Gasteiger partial charge in [0.2, 0.25) is 10.0 Å². The Morgan fingerprint density at radius 2 is 1.43 bits per heavy atom. The third kappa shape index (κ3) is 4.65. The Morgan fingerprint density at radius 1 is 0.893 bits per heavy atom. The Balaban J connectivity index is 1.83. The van der Waals surface area contributed by atoms with Gasteiger partial charge < -0.3 is 0 Å². The van der Waals surface area contributed by atoms with Gasteiger partial charge in [-0.15, -0.1) is 0 Å². The van der Waals surface area contributed by atoms with E-state index in [0.29, 0.717) is 6.07 Å². The highest BCUT2D eigenvalue weighted by atomic mass is 32.2. The lowest BCUT2D eigenvalue weighted by atomic mass is 10.1. The van der Waals surface area contributed by atoms with E-state index in [-0.39, 0.29) is 27.1 Å². The highest BCUT2D eigenvalue weighted by Gasteiger charge is 2.33. The summed E-state index contributed by atoms with van der Waals surface area (Å²) in [7, 11) is -7.93. The fourth-order valence-electron chi connectivity index (χ4n) is 2.49. The van der Waals surface area contributed by atoms with Crippen LogP contribution in [0.1, 0.15) is 24.0 Å². The first-order valence-electron chi connectivity index (χ1n) is 8.21. The van der Waals surface area contributed by atoms with E-state index in [4.69, 9.17) is 0 Å². The van der Waals surface area contributed by atoms with Crippen LogP contribution in [0.5, 0.6) is 0 Å². The number of rotatable bonds is 6. The number of halogens is 3. The van der Waals surface area contributed by atoms with Crippen molar-refractivity contribution in [2.75, 3.05) is 4.72 Å². The number of aryl methyl sites for hydroxylation is 1. The summed E-state index contributed by atoms with van der Waals surface area (Å²) < 4.78 is 92.6. The van der Waals surface area contributed by atoms with Crippen molar-refractivity contribution in [1.29, 1.82) is 0 Å². The highest BCUT2D eigenvalue weighted by molar-refractivity contribution is 7.92. The van der Waals surface area contributed by atoms with Gasteiger partial charge in [0.15, 0.2) is 0 Å². The van der Waals surface area contributed by atoms with E-state index >= 15 is 0 Å². The van der Waals surface area contributed by atoms with Crippen LogP contribution < -0.4 is 9.44 Å². The Labute approximate surface area is 160 Å². The fraction of sp³-hybridized carbons (Fsp3) is 0.294. The van der Waals surface area contributed by atoms with Gasteiger partial charge in [0, 0.05) is 11.7 Å². The maximum absolute atomic E-state index is 13.0. The van der Waals surface area contributed by atoms with Gasteiger partial charge in [0.1, 0.15) is 0 Å². The third-order valence-corrected chi connectivity index (χ3v) is 7.07. The maximum Gasteiger partial charge on any atom is 0.416 e. The molecule has 2 N–H and O–H groups in total. The molecule has 152 valence electrons. The average Bonchev–Trinajstić information content (AvgIpc) is 3.39. The van der Waals surface area contributed by atoms with E-state index in [9.17, 15) is 30.0 Å². The van der Waals surface area contributed by atoms with Gasteiger partial charge in [-0.25, -0.2) is 21.6 Å². The van der Waals surface area contributed by atoms with E-state index in [1.54, 1.807) is 0 Å². The number of hydrogen-bond donors (Lipinski definition) is 2. The molecule has 2 aromatic rings. The molecule has 1 fully saturated rings. The molecule has 0 atom stereocenters. The van der Waals surface area contributed by atoms with E-state index in [1.165, 1.54) is 19.1 Å². The highest BCUT2D eigenvalue weighted by Crippen LogP contribution is 2.34. The molecule has 1 aliphatic carbocycles. The second kappa shape index (κ2) is 7.05. The Kier molecular flexibility index (Phi) is 5.19. The Bertz CT molecular complexity index is 1090. The zero-order chi connectivity index (χ0) is 20.7. The number of anilines is 1. The molecule has 0 bridgehead atoms. The van der Waals surface area contributed by atoms with Gasteiger partial charge in [-0.1, -0.05) is 6.07 Å². The molecule has 28 heavy (non-hydrogen) atoms. The molecule has 0 saturated heterocycles. The standard InChI is InChI=1S/C17H17F3N2O4S2/c1-11-2-3-13(10-16(11)17(18,19)20)22-28(25,26)15-8-6-14(7-9-15)27(23,24)21-12-4-5-12/h2-3,6-10,12,21-22H,4-5H2,1H3. The topological polar surface area (TPSA) is 92.3 Å². The van der Waals surface area contributed by atoms with Crippen LogP contribution in [0, 0.1) is 6.92 Å². The van der Waals surface area contributed by atoms with Gasteiger partial charge in [-0.3, -0.25) is 4.72 Å². The molecule has 0 aliphatic heterocycles. The summed E-state index contributed by atoms with van der Waals surface area (Å²) in [6.07, 6.45) is -3.10. The quantitative estimate of drug-likeness (QED) is 0.730. The molecular formula is C17H17F3N2O4S2. The van der Waals surface area contributed by atoms with E-state index in [2.05, 4.69) is 9.44 Å². The van der Waals surface area contributed by atoms with Crippen molar-refractivity contribution in [1.82, 2.24) is 4.72 Å². The van der Waals surface area contributed by atoms with Crippen LogP contribution >= 0.6 is 0 Å². The minimum Gasteiger partial charge on any atom is -0.280 e. The molecule has 0 radical (unpaired) electrons. The fourth-order valence-corrected chi connectivity index (χ4v) is 4.85. The molecular weight excluding hydrogens is 417 g/mol. The zero-order valence-electron chi connectivity index (χ0n) is 14.6.